The van der Waals surface area contributed by atoms with E-state index in [0.29, 0.717) is 22.9 Å². The van der Waals surface area contributed by atoms with Crippen LogP contribution in [0.1, 0.15) is 62.4 Å². The third-order valence-corrected chi connectivity index (χ3v) is 7.13. The van der Waals surface area contributed by atoms with Crippen LogP contribution in [-0.2, 0) is 14.3 Å². The number of aromatic nitrogens is 1. The first-order chi connectivity index (χ1) is 12.5. The molecule has 7 heteroatoms. The lowest BCUT2D eigenvalue weighted by molar-refractivity contribution is -0.137. The minimum Gasteiger partial charge on any atom is -0.460 e. The Morgan fingerprint density at radius 3 is 2.88 bits per heavy atom. The maximum Gasteiger partial charge on any atom is 0.381 e. The summed E-state index contributed by atoms with van der Waals surface area (Å²) in [4.78, 5) is 40.7. The summed E-state index contributed by atoms with van der Waals surface area (Å²) in [6.07, 6.45) is 8.04. The first-order valence-corrected chi connectivity index (χ1v) is 10.4. The number of thiazole rings is 1. The van der Waals surface area contributed by atoms with Crippen LogP contribution >= 0.6 is 11.3 Å². The zero-order valence-electron chi connectivity index (χ0n) is 15.0. The smallest absolute Gasteiger partial charge is 0.381 e. The first-order valence-electron chi connectivity index (χ1n) is 9.49. The van der Waals surface area contributed by atoms with E-state index in [1.54, 1.807) is 6.92 Å². The van der Waals surface area contributed by atoms with Crippen molar-refractivity contribution in [2.24, 2.45) is 23.2 Å². The molecule has 3 aliphatic carbocycles. The Balaban J connectivity index is 1.46. The van der Waals surface area contributed by atoms with E-state index < -0.39 is 11.8 Å². The Bertz CT molecular complexity index is 742. The molecule has 4 atom stereocenters. The molecule has 3 saturated carbocycles. The molecule has 3 bridgehead atoms. The monoisotopic (exact) mass is 376 g/mol. The van der Waals surface area contributed by atoms with Gasteiger partial charge < -0.3 is 10.1 Å². The van der Waals surface area contributed by atoms with Gasteiger partial charge in [-0.05, 0) is 50.4 Å². The van der Waals surface area contributed by atoms with Gasteiger partial charge in [0.25, 0.3) is 5.78 Å². The van der Waals surface area contributed by atoms with Crippen LogP contribution in [0.5, 0.6) is 0 Å². The largest absolute Gasteiger partial charge is 0.460 e. The van der Waals surface area contributed by atoms with Crippen molar-refractivity contribution in [3.05, 3.63) is 11.1 Å². The summed E-state index contributed by atoms with van der Waals surface area (Å²) in [5.41, 5.74) is -0.235. The average Bonchev–Trinajstić information content (AvgIpc) is 3.13. The van der Waals surface area contributed by atoms with E-state index >= 15 is 0 Å². The second-order valence-corrected chi connectivity index (χ2v) is 8.85. The molecule has 3 aliphatic rings. The molecule has 1 amide bonds. The van der Waals surface area contributed by atoms with E-state index in [0.717, 1.165) is 19.3 Å². The quantitative estimate of drug-likeness (QED) is 0.483. The van der Waals surface area contributed by atoms with Gasteiger partial charge in [-0.3, -0.25) is 9.59 Å². The molecule has 1 aromatic rings. The number of fused-ring (bicyclic) bond motifs is 2. The molecule has 3 fully saturated rings. The van der Waals surface area contributed by atoms with Crippen molar-refractivity contribution in [3.8, 4) is 0 Å². The fourth-order valence-electron chi connectivity index (χ4n) is 5.40. The number of esters is 1. The van der Waals surface area contributed by atoms with Gasteiger partial charge in [0.2, 0.25) is 5.91 Å². The second-order valence-electron chi connectivity index (χ2n) is 7.99. The Morgan fingerprint density at radius 2 is 2.08 bits per heavy atom. The number of hydrogen-bond acceptors (Lipinski definition) is 6. The van der Waals surface area contributed by atoms with E-state index in [4.69, 9.17) is 4.74 Å². The Labute approximate surface area is 156 Å². The van der Waals surface area contributed by atoms with E-state index in [9.17, 15) is 14.4 Å². The van der Waals surface area contributed by atoms with Crippen LogP contribution in [-0.4, -0.2) is 29.3 Å². The van der Waals surface area contributed by atoms with Gasteiger partial charge in [0.05, 0.1) is 12.0 Å². The number of ketones is 1. The highest BCUT2D eigenvalue weighted by Crippen LogP contribution is 2.60. The van der Waals surface area contributed by atoms with Crippen molar-refractivity contribution in [1.82, 2.24) is 4.98 Å². The Hall–Kier alpha value is -1.76. The van der Waals surface area contributed by atoms with Gasteiger partial charge in [-0.2, -0.15) is 0 Å². The molecule has 0 aliphatic heterocycles. The molecule has 4 rings (SSSR count). The van der Waals surface area contributed by atoms with Gasteiger partial charge in [-0.25, -0.2) is 9.78 Å². The Kier molecular flexibility index (Phi) is 4.59. The molecular weight excluding hydrogens is 352 g/mol. The highest BCUT2D eigenvalue weighted by atomic mass is 32.1. The summed E-state index contributed by atoms with van der Waals surface area (Å²) < 4.78 is 4.71. The lowest BCUT2D eigenvalue weighted by atomic mass is 9.69. The SMILES string of the molecule is CCOC(=O)C(=O)c1csc(NC(=O)C23CC4CCCC(C2)C(C4)C3)n1. The van der Waals surface area contributed by atoms with E-state index in [1.807, 2.05) is 0 Å². The number of nitrogens with zero attached hydrogens (tertiary/aromatic N) is 1. The van der Waals surface area contributed by atoms with Gasteiger partial charge in [-0.1, -0.05) is 19.3 Å². The number of anilines is 1. The number of carbonyl (C=O) groups is 3. The van der Waals surface area contributed by atoms with Gasteiger partial charge in [0.1, 0.15) is 5.69 Å². The molecule has 140 valence electrons. The standard InChI is InChI=1S/C19H24N2O4S/c1-2-25-16(23)15(22)14-10-26-18(20-14)21-17(24)19-7-11-4-3-5-12(8-19)13(6-11)9-19/h10-13H,2-9H2,1H3,(H,20,21,24). The zero-order chi connectivity index (χ0) is 18.3. The molecule has 0 aromatic carbocycles. The van der Waals surface area contributed by atoms with Crippen LogP contribution in [0.2, 0.25) is 0 Å². The zero-order valence-corrected chi connectivity index (χ0v) is 15.8. The molecule has 4 unspecified atom stereocenters. The fourth-order valence-corrected chi connectivity index (χ4v) is 6.08. The van der Waals surface area contributed by atoms with Crippen LogP contribution < -0.4 is 5.32 Å². The van der Waals surface area contributed by atoms with Crippen molar-refractivity contribution in [2.45, 2.75) is 51.9 Å². The van der Waals surface area contributed by atoms with Gasteiger partial charge >= 0.3 is 5.97 Å². The van der Waals surface area contributed by atoms with Crippen molar-refractivity contribution in [2.75, 3.05) is 11.9 Å². The summed E-state index contributed by atoms with van der Waals surface area (Å²) in [6, 6.07) is 0. The molecule has 0 saturated heterocycles. The van der Waals surface area contributed by atoms with Crippen LogP contribution in [0.15, 0.2) is 5.38 Å². The Morgan fingerprint density at radius 1 is 1.27 bits per heavy atom. The molecule has 26 heavy (non-hydrogen) atoms. The van der Waals surface area contributed by atoms with Crippen LogP contribution in [0.25, 0.3) is 0 Å². The van der Waals surface area contributed by atoms with Gasteiger partial charge in [-0.15, -0.1) is 11.3 Å². The summed E-state index contributed by atoms with van der Waals surface area (Å²) in [5, 5.41) is 4.81. The first kappa shape index (κ1) is 17.6. The normalized spacial score (nSPS) is 32.1. The number of nitrogens with one attached hydrogen (secondary N) is 1. The number of ether oxygens (including phenoxy) is 1. The lowest BCUT2D eigenvalue weighted by Crippen LogP contribution is -2.38. The predicted octanol–water partition coefficient (Wildman–Crippen LogP) is 3.43. The minimum absolute atomic E-state index is 0.0334. The van der Waals surface area contributed by atoms with Crippen molar-refractivity contribution >= 4 is 34.1 Å². The minimum atomic E-state index is -0.909. The number of Topliss-reactive ketones (excluding diaryl/α,β-unsaturated/α-hetero) is 1. The maximum absolute atomic E-state index is 13.1. The summed E-state index contributed by atoms with van der Waals surface area (Å²) >= 11 is 1.18. The molecule has 0 radical (unpaired) electrons. The predicted molar refractivity (Wildman–Crippen MR) is 96.9 cm³/mol. The van der Waals surface area contributed by atoms with Crippen LogP contribution in [0.3, 0.4) is 0 Å². The summed E-state index contributed by atoms with van der Waals surface area (Å²) in [7, 11) is 0. The number of amides is 1. The summed E-state index contributed by atoms with van der Waals surface area (Å²) in [6.45, 7) is 1.79. The van der Waals surface area contributed by atoms with Gasteiger partial charge in [0, 0.05) is 5.38 Å². The van der Waals surface area contributed by atoms with Crippen LogP contribution in [0.4, 0.5) is 5.13 Å². The number of hydrogen-bond donors (Lipinski definition) is 1. The molecule has 0 spiro atoms. The lowest BCUT2D eigenvalue weighted by Gasteiger charge is -2.36. The molecule has 1 N–H and O–H groups in total. The third-order valence-electron chi connectivity index (χ3n) is 6.38. The van der Waals surface area contributed by atoms with E-state index in [1.165, 1.54) is 42.4 Å². The average molecular weight is 376 g/mol. The second kappa shape index (κ2) is 6.76. The highest BCUT2D eigenvalue weighted by molar-refractivity contribution is 7.14. The molecule has 6 nitrogen and oxygen atoms in total. The number of rotatable bonds is 5. The topological polar surface area (TPSA) is 85.4 Å². The number of carbonyl (C=O) groups excluding carboxylic acids is 3. The van der Waals surface area contributed by atoms with E-state index in [-0.39, 0.29) is 23.6 Å². The van der Waals surface area contributed by atoms with Crippen LogP contribution in [0, 0.1) is 23.2 Å². The molecule has 1 aromatic heterocycles. The van der Waals surface area contributed by atoms with Crippen molar-refractivity contribution in [3.63, 3.8) is 0 Å². The third kappa shape index (κ3) is 3.06. The molecular formula is C19H24N2O4S. The maximum atomic E-state index is 13.1. The van der Waals surface area contributed by atoms with Gasteiger partial charge in [0.15, 0.2) is 5.13 Å². The molecule has 1 heterocycles. The van der Waals surface area contributed by atoms with E-state index in [2.05, 4.69) is 10.3 Å². The highest BCUT2D eigenvalue weighted by Gasteiger charge is 2.55. The summed E-state index contributed by atoms with van der Waals surface area (Å²) in [5.74, 6) is 0.415. The van der Waals surface area contributed by atoms with Crippen molar-refractivity contribution < 1.29 is 19.1 Å². The fraction of sp³-hybridized carbons (Fsp3) is 0.684. The van der Waals surface area contributed by atoms with Crippen molar-refractivity contribution in [1.29, 1.82) is 0 Å².